The van der Waals surface area contributed by atoms with Crippen molar-refractivity contribution in [3.63, 3.8) is 0 Å². The van der Waals surface area contributed by atoms with E-state index in [1.807, 2.05) is 18.2 Å². The lowest BCUT2D eigenvalue weighted by molar-refractivity contribution is 1.02. The molecular weight excluding hydrogens is 322 g/mol. The van der Waals surface area contributed by atoms with Gasteiger partial charge >= 0.3 is 0 Å². The lowest BCUT2D eigenvalue weighted by Crippen LogP contribution is -2.16. The first-order valence-electron chi connectivity index (χ1n) is 4.49. The van der Waals surface area contributed by atoms with Crippen LogP contribution in [0.15, 0.2) is 39.9 Å². The molecule has 1 atom stereocenters. The maximum Gasteiger partial charge on any atom is 0.131 e. The second-order valence-corrected chi connectivity index (χ2v) is 5.18. The molecule has 1 unspecified atom stereocenters. The van der Waals surface area contributed by atoms with E-state index in [1.54, 1.807) is 6.20 Å². The van der Waals surface area contributed by atoms with Crippen molar-refractivity contribution in [2.24, 2.45) is 4.99 Å². The largest absolute Gasteiger partial charge is 0.325 e. The number of aliphatic imine (C=N–C) groups is 1. The second kappa shape index (κ2) is 4.90. The first-order valence-corrected chi connectivity index (χ1v) is 6.20. The number of nitrogens with zero attached hydrogens (tertiary/aromatic N) is 2. The summed E-state index contributed by atoms with van der Waals surface area (Å²) >= 11 is 6.80. The zero-order valence-electron chi connectivity index (χ0n) is 7.82. The van der Waals surface area contributed by atoms with Crippen molar-refractivity contribution < 1.29 is 0 Å². The topological polar surface area (TPSA) is 37.3 Å². The SMILES string of the molecule is Brc1ccc(NC2=NCC(Br)C=C2)nc1. The van der Waals surface area contributed by atoms with E-state index in [1.165, 1.54) is 0 Å². The minimum atomic E-state index is 0.348. The summed E-state index contributed by atoms with van der Waals surface area (Å²) in [6.45, 7) is 0.759. The lowest BCUT2D eigenvalue weighted by atomic mass is 10.3. The molecule has 0 spiro atoms. The molecule has 1 aliphatic rings. The Morgan fingerprint density at radius 3 is 2.87 bits per heavy atom. The summed E-state index contributed by atoms with van der Waals surface area (Å²) in [5.74, 6) is 1.65. The number of nitrogens with one attached hydrogen (secondary N) is 1. The molecule has 78 valence electrons. The number of halogens is 2. The molecule has 1 aromatic rings. The van der Waals surface area contributed by atoms with E-state index >= 15 is 0 Å². The normalized spacial score (nSPS) is 19.9. The molecule has 1 N–H and O–H groups in total. The quantitative estimate of drug-likeness (QED) is 0.804. The molecule has 2 rings (SSSR count). The third kappa shape index (κ3) is 3.14. The van der Waals surface area contributed by atoms with Crippen LogP contribution in [0.3, 0.4) is 0 Å². The van der Waals surface area contributed by atoms with Gasteiger partial charge in [-0.15, -0.1) is 0 Å². The zero-order valence-corrected chi connectivity index (χ0v) is 11.0. The summed E-state index contributed by atoms with van der Waals surface area (Å²) < 4.78 is 0.967. The summed E-state index contributed by atoms with van der Waals surface area (Å²) in [5.41, 5.74) is 0. The van der Waals surface area contributed by atoms with Crippen LogP contribution in [0.4, 0.5) is 5.82 Å². The number of alkyl halides is 1. The van der Waals surface area contributed by atoms with Crippen LogP contribution in [0.2, 0.25) is 0 Å². The van der Waals surface area contributed by atoms with Crippen molar-refractivity contribution in [2.75, 3.05) is 11.9 Å². The molecule has 0 amide bonds. The van der Waals surface area contributed by atoms with Crippen LogP contribution in [0.5, 0.6) is 0 Å². The van der Waals surface area contributed by atoms with Crippen LogP contribution in [-0.2, 0) is 0 Å². The second-order valence-electron chi connectivity index (χ2n) is 3.09. The van der Waals surface area contributed by atoms with E-state index in [2.05, 4.69) is 53.2 Å². The predicted molar refractivity (Wildman–Crippen MR) is 69.7 cm³/mol. The number of anilines is 1. The molecule has 15 heavy (non-hydrogen) atoms. The van der Waals surface area contributed by atoms with Crippen LogP contribution in [-0.4, -0.2) is 22.2 Å². The fraction of sp³-hybridized carbons (Fsp3) is 0.200. The van der Waals surface area contributed by atoms with Gasteiger partial charge < -0.3 is 5.32 Å². The van der Waals surface area contributed by atoms with Crippen molar-refractivity contribution in [3.8, 4) is 0 Å². The van der Waals surface area contributed by atoms with E-state index in [-0.39, 0.29) is 0 Å². The first kappa shape index (κ1) is 10.8. The van der Waals surface area contributed by atoms with Gasteiger partial charge in [0.1, 0.15) is 11.7 Å². The summed E-state index contributed by atoms with van der Waals surface area (Å²) in [7, 11) is 0. The summed E-state index contributed by atoms with van der Waals surface area (Å²) in [6, 6.07) is 3.84. The highest BCUT2D eigenvalue weighted by Gasteiger charge is 2.06. The fourth-order valence-corrected chi connectivity index (χ4v) is 1.69. The summed E-state index contributed by atoms with van der Waals surface area (Å²) in [6.07, 6.45) is 5.77. The molecule has 0 bridgehead atoms. The molecule has 0 saturated heterocycles. The average Bonchev–Trinajstić information content (AvgIpc) is 2.25. The Bertz CT molecular complexity index is 398. The molecular formula is C10H9Br2N3. The van der Waals surface area contributed by atoms with Gasteiger partial charge in [-0.3, -0.25) is 4.99 Å². The van der Waals surface area contributed by atoms with Gasteiger partial charge in [0, 0.05) is 10.7 Å². The third-order valence-corrected chi connectivity index (χ3v) is 2.95. The minimum Gasteiger partial charge on any atom is -0.325 e. The van der Waals surface area contributed by atoms with E-state index in [9.17, 15) is 0 Å². The van der Waals surface area contributed by atoms with Gasteiger partial charge in [-0.25, -0.2) is 4.98 Å². The van der Waals surface area contributed by atoms with Crippen molar-refractivity contribution in [3.05, 3.63) is 35.0 Å². The molecule has 0 aromatic carbocycles. The van der Waals surface area contributed by atoms with Crippen LogP contribution in [0.25, 0.3) is 0 Å². The predicted octanol–water partition coefficient (Wildman–Crippen LogP) is 2.99. The minimum absolute atomic E-state index is 0.348. The Hall–Kier alpha value is -0.680. The van der Waals surface area contributed by atoms with Crippen LogP contribution in [0, 0.1) is 0 Å². The highest BCUT2D eigenvalue weighted by molar-refractivity contribution is 9.10. The number of hydrogen-bond donors (Lipinski definition) is 1. The van der Waals surface area contributed by atoms with Crippen LogP contribution < -0.4 is 5.32 Å². The Morgan fingerprint density at radius 1 is 1.40 bits per heavy atom. The van der Waals surface area contributed by atoms with E-state index < -0.39 is 0 Å². The first-order chi connectivity index (χ1) is 7.24. The zero-order chi connectivity index (χ0) is 10.7. The molecule has 2 heterocycles. The number of rotatable bonds is 1. The number of hydrogen-bond acceptors (Lipinski definition) is 3. The summed E-state index contributed by atoms with van der Waals surface area (Å²) in [5, 5.41) is 3.14. The van der Waals surface area contributed by atoms with E-state index in [4.69, 9.17) is 0 Å². The molecule has 0 fully saturated rings. The van der Waals surface area contributed by atoms with Crippen LogP contribution in [0.1, 0.15) is 0 Å². The monoisotopic (exact) mass is 329 g/mol. The Morgan fingerprint density at radius 2 is 2.27 bits per heavy atom. The maximum absolute atomic E-state index is 4.35. The van der Waals surface area contributed by atoms with Crippen LogP contribution >= 0.6 is 31.9 Å². The Labute approximate surface area is 105 Å². The average molecular weight is 331 g/mol. The molecule has 5 heteroatoms. The summed E-state index contributed by atoms with van der Waals surface area (Å²) in [4.78, 5) is 8.90. The van der Waals surface area contributed by atoms with Crippen molar-refractivity contribution in [2.45, 2.75) is 4.83 Å². The molecule has 0 radical (unpaired) electrons. The van der Waals surface area contributed by atoms with Crippen molar-refractivity contribution in [1.82, 2.24) is 4.98 Å². The van der Waals surface area contributed by atoms with Gasteiger partial charge in [0.25, 0.3) is 0 Å². The molecule has 1 aromatic heterocycles. The molecule has 0 saturated carbocycles. The van der Waals surface area contributed by atoms with Gasteiger partial charge in [0.05, 0.1) is 11.4 Å². The fourth-order valence-electron chi connectivity index (χ4n) is 1.16. The number of aromatic nitrogens is 1. The highest BCUT2D eigenvalue weighted by Crippen LogP contribution is 2.12. The Balaban J connectivity index is 2.04. The van der Waals surface area contributed by atoms with Gasteiger partial charge in [-0.05, 0) is 34.1 Å². The van der Waals surface area contributed by atoms with Gasteiger partial charge in [0.2, 0.25) is 0 Å². The lowest BCUT2D eigenvalue weighted by Gasteiger charge is -2.11. The van der Waals surface area contributed by atoms with Crippen molar-refractivity contribution >= 4 is 43.5 Å². The van der Waals surface area contributed by atoms with Gasteiger partial charge in [-0.1, -0.05) is 22.0 Å². The number of pyridine rings is 1. The number of amidine groups is 1. The smallest absolute Gasteiger partial charge is 0.131 e. The highest BCUT2D eigenvalue weighted by atomic mass is 79.9. The standard InChI is InChI=1S/C10H9Br2N3/c11-7-1-3-9(13-5-7)15-10-4-2-8(12)6-14-10/h1-5,8H,6H2,(H,13,14,15). The van der Waals surface area contributed by atoms with Crippen molar-refractivity contribution in [1.29, 1.82) is 0 Å². The maximum atomic E-state index is 4.35. The Kier molecular flexibility index (Phi) is 3.53. The molecule has 0 aliphatic carbocycles. The third-order valence-electron chi connectivity index (χ3n) is 1.88. The molecule has 1 aliphatic heterocycles. The van der Waals surface area contributed by atoms with E-state index in [0.29, 0.717) is 4.83 Å². The molecule has 3 nitrogen and oxygen atoms in total. The van der Waals surface area contributed by atoms with Gasteiger partial charge in [-0.2, -0.15) is 0 Å². The van der Waals surface area contributed by atoms with Gasteiger partial charge in [0.15, 0.2) is 0 Å². The number of dihydropyridines is 1. The van der Waals surface area contributed by atoms with E-state index in [0.717, 1.165) is 22.7 Å².